The van der Waals surface area contributed by atoms with Crippen molar-refractivity contribution in [1.82, 2.24) is 20.2 Å². The highest BCUT2D eigenvalue weighted by Crippen LogP contribution is 2.24. The number of aryl methyl sites for hydroxylation is 1. The highest BCUT2D eigenvalue weighted by atomic mass is 16.4. The van der Waals surface area contributed by atoms with E-state index in [2.05, 4.69) is 32.4 Å². The van der Waals surface area contributed by atoms with Crippen LogP contribution in [0.3, 0.4) is 0 Å². The lowest BCUT2D eigenvalue weighted by Crippen LogP contribution is -2.10. The largest absolute Gasteiger partial charge is 0.423 e. The Morgan fingerprint density at radius 2 is 2.05 bits per heavy atom. The molecule has 0 saturated carbocycles. The Morgan fingerprint density at radius 1 is 1.19 bits per heavy atom. The van der Waals surface area contributed by atoms with Crippen LogP contribution < -0.4 is 5.32 Å². The fraction of sp³-hybridized carbons (Fsp3) is 0.200. The Hall–Kier alpha value is -2.76. The third kappa shape index (κ3) is 2.89. The monoisotopic (exact) mass is 281 g/mol. The fourth-order valence-electron chi connectivity index (χ4n) is 2.20. The SMILES string of the molecule is Cc1nccnc1C(C)Nc1cccc(-c2nnco2)c1. The zero-order chi connectivity index (χ0) is 14.7. The van der Waals surface area contributed by atoms with E-state index in [4.69, 9.17) is 4.42 Å². The maximum absolute atomic E-state index is 5.21. The van der Waals surface area contributed by atoms with Gasteiger partial charge < -0.3 is 9.73 Å². The molecule has 1 N–H and O–H groups in total. The van der Waals surface area contributed by atoms with Gasteiger partial charge in [0.25, 0.3) is 0 Å². The molecule has 1 atom stereocenters. The summed E-state index contributed by atoms with van der Waals surface area (Å²) >= 11 is 0. The van der Waals surface area contributed by atoms with Gasteiger partial charge in [0, 0.05) is 23.6 Å². The third-order valence-electron chi connectivity index (χ3n) is 3.18. The average molecular weight is 281 g/mol. The van der Waals surface area contributed by atoms with E-state index in [1.54, 1.807) is 12.4 Å². The summed E-state index contributed by atoms with van der Waals surface area (Å²) in [5.41, 5.74) is 3.69. The predicted molar refractivity (Wildman–Crippen MR) is 78.5 cm³/mol. The van der Waals surface area contributed by atoms with Crippen molar-refractivity contribution in [1.29, 1.82) is 0 Å². The van der Waals surface area contributed by atoms with Crippen LogP contribution in [0.15, 0.2) is 47.5 Å². The molecule has 2 aromatic heterocycles. The van der Waals surface area contributed by atoms with Gasteiger partial charge in [-0.05, 0) is 32.0 Å². The highest BCUT2D eigenvalue weighted by Gasteiger charge is 2.11. The molecular formula is C15H15N5O. The van der Waals surface area contributed by atoms with Gasteiger partial charge in [0.2, 0.25) is 12.3 Å². The lowest BCUT2D eigenvalue weighted by Gasteiger charge is -2.16. The number of benzene rings is 1. The van der Waals surface area contributed by atoms with E-state index in [0.29, 0.717) is 5.89 Å². The number of hydrogen-bond acceptors (Lipinski definition) is 6. The molecule has 0 radical (unpaired) electrons. The van der Waals surface area contributed by atoms with Gasteiger partial charge in [-0.2, -0.15) is 0 Å². The summed E-state index contributed by atoms with van der Waals surface area (Å²) in [5, 5.41) is 11.0. The molecule has 0 aliphatic rings. The van der Waals surface area contributed by atoms with E-state index >= 15 is 0 Å². The standard InChI is InChI=1S/C15H15N5O/c1-10-14(17-7-6-16-10)11(2)19-13-5-3-4-12(8-13)15-20-18-9-21-15/h3-9,11,19H,1-2H3. The highest BCUT2D eigenvalue weighted by molar-refractivity contribution is 5.61. The molecule has 0 spiro atoms. The third-order valence-corrected chi connectivity index (χ3v) is 3.18. The first kappa shape index (κ1) is 13.2. The maximum Gasteiger partial charge on any atom is 0.247 e. The summed E-state index contributed by atoms with van der Waals surface area (Å²) < 4.78 is 5.21. The van der Waals surface area contributed by atoms with Gasteiger partial charge in [-0.3, -0.25) is 9.97 Å². The predicted octanol–water partition coefficient (Wildman–Crippen LogP) is 3.01. The minimum absolute atomic E-state index is 0.0524. The minimum Gasteiger partial charge on any atom is -0.423 e. The molecule has 0 fully saturated rings. The molecule has 0 aliphatic carbocycles. The molecule has 1 unspecified atom stereocenters. The molecule has 3 aromatic rings. The Kier molecular flexibility index (Phi) is 3.59. The van der Waals surface area contributed by atoms with Crippen LogP contribution in [0.4, 0.5) is 5.69 Å². The maximum atomic E-state index is 5.21. The number of nitrogens with zero attached hydrogens (tertiary/aromatic N) is 4. The Bertz CT molecular complexity index is 726. The first-order valence-electron chi connectivity index (χ1n) is 6.64. The molecule has 6 heteroatoms. The zero-order valence-corrected chi connectivity index (χ0v) is 11.8. The van der Waals surface area contributed by atoms with Gasteiger partial charge in [0.1, 0.15) is 0 Å². The number of rotatable bonds is 4. The van der Waals surface area contributed by atoms with Crippen LogP contribution >= 0.6 is 0 Å². The van der Waals surface area contributed by atoms with Crippen molar-refractivity contribution in [2.45, 2.75) is 19.9 Å². The Labute approximate surface area is 122 Å². The minimum atomic E-state index is 0.0524. The molecule has 0 aliphatic heterocycles. The van der Waals surface area contributed by atoms with Gasteiger partial charge in [-0.25, -0.2) is 0 Å². The van der Waals surface area contributed by atoms with Crippen molar-refractivity contribution in [2.24, 2.45) is 0 Å². The summed E-state index contributed by atoms with van der Waals surface area (Å²) in [6.45, 7) is 4.01. The van der Waals surface area contributed by atoms with Gasteiger partial charge in [-0.1, -0.05) is 6.07 Å². The van der Waals surface area contributed by atoms with Gasteiger partial charge >= 0.3 is 0 Å². The van der Waals surface area contributed by atoms with Crippen LogP contribution in [0.1, 0.15) is 24.4 Å². The van der Waals surface area contributed by atoms with Gasteiger partial charge in [0.15, 0.2) is 0 Å². The van der Waals surface area contributed by atoms with Gasteiger partial charge in [0.05, 0.1) is 17.4 Å². The molecule has 21 heavy (non-hydrogen) atoms. The van der Waals surface area contributed by atoms with Crippen molar-refractivity contribution in [2.75, 3.05) is 5.32 Å². The molecule has 3 rings (SSSR count). The molecule has 0 saturated heterocycles. The smallest absolute Gasteiger partial charge is 0.247 e. The van der Waals surface area contributed by atoms with Gasteiger partial charge in [-0.15, -0.1) is 10.2 Å². The number of hydrogen-bond donors (Lipinski definition) is 1. The number of aromatic nitrogens is 4. The summed E-state index contributed by atoms with van der Waals surface area (Å²) in [4.78, 5) is 8.65. The van der Waals surface area contributed by atoms with Crippen molar-refractivity contribution in [3.05, 3.63) is 54.4 Å². The van der Waals surface area contributed by atoms with E-state index in [1.807, 2.05) is 31.2 Å². The van der Waals surface area contributed by atoms with Crippen molar-refractivity contribution >= 4 is 5.69 Å². The number of anilines is 1. The second-order valence-corrected chi connectivity index (χ2v) is 4.72. The normalized spacial score (nSPS) is 12.1. The van der Waals surface area contributed by atoms with E-state index in [1.165, 1.54) is 6.39 Å². The van der Waals surface area contributed by atoms with E-state index in [9.17, 15) is 0 Å². The van der Waals surface area contributed by atoms with Crippen LogP contribution in [0.5, 0.6) is 0 Å². The van der Waals surface area contributed by atoms with Crippen LogP contribution in [-0.4, -0.2) is 20.2 Å². The van der Waals surface area contributed by atoms with E-state index in [0.717, 1.165) is 22.6 Å². The van der Waals surface area contributed by atoms with Crippen molar-refractivity contribution in [3.63, 3.8) is 0 Å². The summed E-state index contributed by atoms with van der Waals surface area (Å²) in [6.07, 6.45) is 4.72. The molecule has 0 bridgehead atoms. The topological polar surface area (TPSA) is 76.7 Å². The first-order chi connectivity index (χ1) is 10.2. The lowest BCUT2D eigenvalue weighted by atomic mass is 10.1. The van der Waals surface area contributed by atoms with E-state index < -0.39 is 0 Å². The van der Waals surface area contributed by atoms with E-state index in [-0.39, 0.29) is 6.04 Å². The van der Waals surface area contributed by atoms with Crippen LogP contribution in [0, 0.1) is 6.92 Å². The second-order valence-electron chi connectivity index (χ2n) is 4.72. The molecule has 0 amide bonds. The Balaban J connectivity index is 1.82. The molecule has 2 heterocycles. The van der Waals surface area contributed by atoms with Crippen LogP contribution in [0.2, 0.25) is 0 Å². The molecular weight excluding hydrogens is 266 g/mol. The zero-order valence-electron chi connectivity index (χ0n) is 11.8. The second kappa shape index (κ2) is 5.70. The van der Waals surface area contributed by atoms with Crippen molar-refractivity contribution < 1.29 is 4.42 Å². The van der Waals surface area contributed by atoms with Crippen molar-refractivity contribution in [3.8, 4) is 11.5 Å². The molecule has 106 valence electrons. The Morgan fingerprint density at radius 3 is 2.81 bits per heavy atom. The fourth-order valence-corrected chi connectivity index (χ4v) is 2.20. The summed E-state index contributed by atoms with van der Waals surface area (Å²) in [5.74, 6) is 0.502. The summed E-state index contributed by atoms with van der Waals surface area (Å²) in [7, 11) is 0. The van der Waals surface area contributed by atoms with Crippen LogP contribution in [0.25, 0.3) is 11.5 Å². The molecule has 1 aromatic carbocycles. The lowest BCUT2D eigenvalue weighted by molar-refractivity contribution is 0.568. The van der Waals surface area contributed by atoms with Crippen LogP contribution in [-0.2, 0) is 0 Å². The first-order valence-corrected chi connectivity index (χ1v) is 6.64. The quantitative estimate of drug-likeness (QED) is 0.792. The summed E-state index contributed by atoms with van der Waals surface area (Å²) in [6, 6.07) is 7.88. The average Bonchev–Trinajstić information content (AvgIpc) is 3.02. The molecule has 6 nitrogen and oxygen atoms in total. The number of nitrogens with one attached hydrogen (secondary N) is 1.